The highest BCUT2D eigenvalue weighted by Gasteiger charge is 2.70. The first-order chi connectivity index (χ1) is 15.0. The molecule has 0 spiro atoms. The Morgan fingerprint density at radius 2 is 2.06 bits per heavy atom. The number of rotatable bonds is 3. The predicted octanol–water partition coefficient (Wildman–Crippen LogP) is 3.63. The highest BCUT2D eigenvalue weighted by atomic mass is 35.5. The van der Waals surface area contributed by atoms with Crippen molar-refractivity contribution >= 4 is 29.2 Å². The van der Waals surface area contributed by atoms with Crippen LogP contribution in [0.5, 0.6) is 0 Å². The van der Waals surface area contributed by atoms with E-state index >= 15 is 0 Å². The van der Waals surface area contributed by atoms with Crippen molar-refractivity contribution in [3.63, 3.8) is 0 Å². The number of alkyl halides is 3. The van der Waals surface area contributed by atoms with Gasteiger partial charge in [0.1, 0.15) is 17.1 Å². The van der Waals surface area contributed by atoms with Crippen LogP contribution < -0.4 is 11.1 Å². The largest absolute Gasteiger partial charge is 0.454 e. The average Bonchev–Trinajstić information content (AvgIpc) is 3.16. The minimum absolute atomic E-state index is 0.0389. The lowest BCUT2D eigenvalue weighted by atomic mass is 9.71. The fourth-order valence-corrected chi connectivity index (χ4v) is 4.19. The Labute approximate surface area is 184 Å². The lowest BCUT2D eigenvalue weighted by Gasteiger charge is -2.46. The minimum Gasteiger partial charge on any atom is -0.454 e. The molecular formula is C20H17ClF4N4O3. The SMILES string of the molecule is CC1(c2cc(NC(=O)c3ccc(Cl)cn3)ccc2F)OC(N)=NC2(C(F)(F)F)COCC12. The molecule has 2 aromatic rings. The number of anilines is 1. The van der Waals surface area contributed by atoms with E-state index in [1.165, 1.54) is 37.4 Å². The number of pyridine rings is 1. The van der Waals surface area contributed by atoms with Crippen molar-refractivity contribution in [1.29, 1.82) is 0 Å². The highest BCUT2D eigenvalue weighted by Crippen LogP contribution is 2.54. The van der Waals surface area contributed by atoms with E-state index in [1.807, 2.05) is 0 Å². The van der Waals surface area contributed by atoms with Crippen molar-refractivity contribution in [3.05, 3.63) is 58.6 Å². The van der Waals surface area contributed by atoms with Crippen LogP contribution in [0.4, 0.5) is 23.2 Å². The zero-order valence-corrected chi connectivity index (χ0v) is 17.3. The molecule has 7 nitrogen and oxygen atoms in total. The number of aliphatic imine (C=N–C) groups is 1. The molecule has 0 aliphatic carbocycles. The van der Waals surface area contributed by atoms with E-state index in [-0.39, 0.29) is 23.6 Å². The molecular weight excluding hydrogens is 456 g/mol. The number of carbonyl (C=O) groups is 1. The highest BCUT2D eigenvalue weighted by molar-refractivity contribution is 6.30. The molecule has 0 bridgehead atoms. The van der Waals surface area contributed by atoms with E-state index in [4.69, 9.17) is 26.8 Å². The number of hydrogen-bond donors (Lipinski definition) is 2. The number of nitrogens with one attached hydrogen (secondary N) is 1. The number of amides is 1. The summed E-state index contributed by atoms with van der Waals surface area (Å²) in [6.45, 7) is 0.151. The number of hydrogen-bond acceptors (Lipinski definition) is 6. The molecule has 170 valence electrons. The molecule has 1 aromatic heterocycles. The number of aromatic nitrogens is 1. The van der Waals surface area contributed by atoms with Crippen LogP contribution in [0.25, 0.3) is 0 Å². The maximum absolute atomic E-state index is 14.9. The first-order valence-electron chi connectivity index (χ1n) is 9.38. The van der Waals surface area contributed by atoms with E-state index in [1.54, 1.807) is 0 Å². The summed E-state index contributed by atoms with van der Waals surface area (Å²) in [6, 6.07) is 5.60. The van der Waals surface area contributed by atoms with E-state index in [9.17, 15) is 22.4 Å². The predicted molar refractivity (Wildman–Crippen MR) is 107 cm³/mol. The Kier molecular flexibility index (Phi) is 5.29. The van der Waals surface area contributed by atoms with Gasteiger partial charge in [-0.15, -0.1) is 0 Å². The number of fused-ring (bicyclic) bond motifs is 1. The van der Waals surface area contributed by atoms with Gasteiger partial charge in [0.25, 0.3) is 11.9 Å². The summed E-state index contributed by atoms with van der Waals surface area (Å²) < 4.78 is 67.6. The Morgan fingerprint density at radius 3 is 2.72 bits per heavy atom. The van der Waals surface area contributed by atoms with Crippen LogP contribution in [0, 0.1) is 11.7 Å². The molecule has 4 rings (SSSR count). The number of carbonyl (C=O) groups excluding carboxylic acids is 1. The summed E-state index contributed by atoms with van der Waals surface area (Å²) in [4.78, 5) is 19.9. The number of nitrogens with zero attached hydrogens (tertiary/aromatic N) is 2. The van der Waals surface area contributed by atoms with Crippen molar-refractivity contribution in [2.75, 3.05) is 18.5 Å². The minimum atomic E-state index is -4.81. The maximum atomic E-state index is 14.9. The topological polar surface area (TPSA) is 98.8 Å². The van der Waals surface area contributed by atoms with Crippen molar-refractivity contribution < 1.29 is 31.8 Å². The van der Waals surface area contributed by atoms with Crippen molar-refractivity contribution in [1.82, 2.24) is 4.98 Å². The fourth-order valence-electron chi connectivity index (χ4n) is 4.08. The normalized spacial score (nSPS) is 27.3. The zero-order valence-electron chi connectivity index (χ0n) is 16.5. The molecule has 0 radical (unpaired) electrons. The molecule has 32 heavy (non-hydrogen) atoms. The van der Waals surface area contributed by atoms with E-state index < -0.39 is 47.6 Å². The average molecular weight is 473 g/mol. The van der Waals surface area contributed by atoms with E-state index in [0.717, 1.165) is 6.07 Å². The number of benzene rings is 1. The smallest absolute Gasteiger partial charge is 0.416 e. The standard InChI is InChI=1S/C20H17ClF4N4O3/c1-18(15-8-31-9-19(15,20(23,24)25)29-17(26)32-18)12-6-11(3-4-13(12)22)28-16(30)14-5-2-10(21)7-27-14/h2-7,15H,8-9H2,1H3,(H2,26,29)(H,28,30). The van der Waals surface area contributed by atoms with Crippen molar-refractivity contribution in [2.24, 2.45) is 16.6 Å². The summed E-state index contributed by atoms with van der Waals surface area (Å²) in [5, 5.41) is 2.86. The van der Waals surface area contributed by atoms with Crippen LogP contribution in [-0.4, -0.2) is 41.8 Å². The third-order valence-electron chi connectivity index (χ3n) is 5.68. The summed E-state index contributed by atoms with van der Waals surface area (Å²) in [6.07, 6.45) is -3.53. The van der Waals surface area contributed by atoms with Gasteiger partial charge in [-0.25, -0.2) is 14.4 Å². The maximum Gasteiger partial charge on any atom is 0.416 e. The van der Waals surface area contributed by atoms with Gasteiger partial charge in [0.05, 0.1) is 24.2 Å². The molecule has 12 heteroatoms. The molecule has 1 amide bonds. The number of halogens is 5. The molecule has 3 heterocycles. The Hall–Kier alpha value is -2.92. The summed E-state index contributed by atoms with van der Waals surface area (Å²) >= 11 is 5.76. The summed E-state index contributed by atoms with van der Waals surface area (Å²) in [5.74, 6) is -2.88. The van der Waals surface area contributed by atoms with Gasteiger partial charge in [-0.05, 0) is 37.3 Å². The Morgan fingerprint density at radius 1 is 1.31 bits per heavy atom. The van der Waals surface area contributed by atoms with Gasteiger partial charge in [0.15, 0.2) is 5.54 Å². The number of nitrogens with two attached hydrogens (primary N) is 1. The van der Waals surface area contributed by atoms with Crippen LogP contribution >= 0.6 is 11.6 Å². The fraction of sp³-hybridized carbons (Fsp3) is 0.350. The second-order valence-electron chi connectivity index (χ2n) is 7.66. The number of amidine groups is 1. The molecule has 0 saturated carbocycles. The third-order valence-corrected chi connectivity index (χ3v) is 5.91. The molecule has 3 N–H and O–H groups in total. The lowest BCUT2D eigenvalue weighted by molar-refractivity contribution is -0.216. The van der Waals surface area contributed by atoms with Gasteiger partial charge >= 0.3 is 6.18 Å². The summed E-state index contributed by atoms with van der Waals surface area (Å²) in [7, 11) is 0. The van der Waals surface area contributed by atoms with Gasteiger partial charge in [-0.2, -0.15) is 13.2 Å². The number of ether oxygens (including phenoxy) is 2. The zero-order chi connectivity index (χ0) is 23.3. The monoisotopic (exact) mass is 472 g/mol. The molecule has 1 saturated heterocycles. The van der Waals surface area contributed by atoms with Crippen LogP contribution in [0.1, 0.15) is 23.0 Å². The van der Waals surface area contributed by atoms with Gasteiger partial charge in [0, 0.05) is 17.4 Å². The Bertz CT molecular complexity index is 1100. The van der Waals surface area contributed by atoms with E-state index in [2.05, 4.69) is 15.3 Å². The molecule has 3 unspecified atom stereocenters. The van der Waals surface area contributed by atoms with Crippen LogP contribution in [0.3, 0.4) is 0 Å². The first-order valence-corrected chi connectivity index (χ1v) is 9.76. The molecule has 1 aromatic carbocycles. The quantitative estimate of drug-likeness (QED) is 0.665. The van der Waals surface area contributed by atoms with E-state index in [0.29, 0.717) is 5.02 Å². The Balaban J connectivity index is 1.72. The first kappa shape index (κ1) is 22.3. The second-order valence-corrected chi connectivity index (χ2v) is 8.10. The second kappa shape index (κ2) is 7.59. The van der Waals surface area contributed by atoms with Gasteiger partial charge in [-0.1, -0.05) is 11.6 Å². The molecule has 1 fully saturated rings. The van der Waals surface area contributed by atoms with Crippen LogP contribution in [0.2, 0.25) is 5.02 Å². The summed E-state index contributed by atoms with van der Waals surface area (Å²) in [5.41, 5.74) is 0.973. The molecule has 2 aliphatic rings. The van der Waals surface area contributed by atoms with Gasteiger partial charge in [0.2, 0.25) is 0 Å². The van der Waals surface area contributed by atoms with Gasteiger partial charge in [-0.3, -0.25) is 4.79 Å². The van der Waals surface area contributed by atoms with Crippen molar-refractivity contribution in [3.8, 4) is 0 Å². The lowest BCUT2D eigenvalue weighted by Crippen LogP contribution is -2.61. The molecule has 3 atom stereocenters. The molecule has 2 aliphatic heterocycles. The third kappa shape index (κ3) is 3.55. The van der Waals surface area contributed by atoms with Crippen LogP contribution in [-0.2, 0) is 15.1 Å². The van der Waals surface area contributed by atoms with Crippen molar-refractivity contribution in [2.45, 2.75) is 24.2 Å². The van der Waals surface area contributed by atoms with Crippen LogP contribution in [0.15, 0.2) is 41.5 Å². The van der Waals surface area contributed by atoms with Gasteiger partial charge < -0.3 is 20.5 Å².